The molecule has 1 fully saturated rings. The number of alkyl halides is 3. The van der Waals surface area contributed by atoms with E-state index in [0.29, 0.717) is 4.31 Å². The molecule has 1 aliphatic rings. The number of rotatable bonds is 2. The summed E-state index contributed by atoms with van der Waals surface area (Å²) in [7, 11) is -3.87. The van der Waals surface area contributed by atoms with Gasteiger partial charge in [0.2, 0.25) is 10.0 Å². The summed E-state index contributed by atoms with van der Waals surface area (Å²) >= 11 is 0. The highest BCUT2D eigenvalue weighted by Gasteiger charge is 2.62. The lowest BCUT2D eigenvalue weighted by molar-refractivity contribution is -0.206. The minimum atomic E-state index is -4.62. The number of hydrogen-bond acceptors (Lipinski definition) is 3. The van der Waals surface area contributed by atoms with Crippen LogP contribution in [0.25, 0.3) is 0 Å². The lowest BCUT2D eigenvalue weighted by Crippen LogP contribution is -2.61. The molecule has 0 aliphatic carbocycles. The zero-order valence-electron chi connectivity index (χ0n) is 8.21. The van der Waals surface area contributed by atoms with Gasteiger partial charge in [0.1, 0.15) is 5.54 Å². The van der Waals surface area contributed by atoms with Gasteiger partial charge in [-0.1, -0.05) is 0 Å². The first kappa shape index (κ1) is 12.7. The summed E-state index contributed by atoms with van der Waals surface area (Å²) in [6, 6.07) is 0. The highest BCUT2D eigenvalue weighted by Crippen LogP contribution is 2.43. The van der Waals surface area contributed by atoms with Gasteiger partial charge in [0.05, 0.1) is 6.26 Å². The van der Waals surface area contributed by atoms with E-state index in [1.54, 1.807) is 0 Å². The van der Waals surface area contributed by atoms with Gasteiger partial charge < -0.3 is 5.73 Å². The van der Waals surface area contributed by atoms with Crippen LogP contribution >= 0.6 is 0 Å². The van der Waals surface area contributed by atoms with E-state index in [2.05, 4.69) is 0 Å². The lowest BCUT2D eigenvalue weighted by atomic mass is 9.97. The Morgan fingerprint density at radius 1 is 1.47 bits per heavy atom. The van der Waals surface area contributed by atoms with Crippen molar-refractivity contribution in [2.45, 2.75) is 24.6 Å². The van der Waals surface area contributed by atoms with Gasteiger partial charge >= 0.3 is 6.18 Å². The predicted octanol–water partition coefficient (Wildman–Crippen LogP) is 0.302. The van der Waals surface area contributed by atoms with Crippen molar-refractivity contribution >= 4 is 10.0 Å². The molecule has 1 heterocycles. The van der Waals surface area contributed by atoms with Crippen molar-refractivity contribution < 1.29 is 21.6 Å². The average molecular weight is 246 g/mol. The first-order chi connectivity index (χ1) is 6.65. The molecule has 1 unspecified atom stereocenters. The lowest BCUT2D eigenvalue weighted by Gasteiger charge is -2.37. The van der Waals surface area contributed by atoms with E-state index in [0.717, 1.165) is 6.26 Å². The Morgan fingerprint density at radius 3 is 2.27 bits per heavy atom. The molecule has 1 atom stereocenters. The third kappa shape index (κ3) is 1.98. The first-order valence-corrected chi connectivity index (χ1v) is 6.24. The summed E-state index contributed by atoms with van der Waals surface area (Å²) in [4.78, 5) is 0. The number of nitrogens with zero attached hydrogens (tertiary/aromatic N) is 1. The molecule has 0 spiro atoms. The van der Waals surface area contributed by atoms with E-state index in [4.69, 9.17) is 5.73 Å². The van der Waals surface area contributed by atoms with E-state index < -0.39 is 28.3 Å². The topological polar surface area (TPSA) is 63.4 Å². The van der Waals surface area contributed by atoms with E-state index in [9.17, 15) is 21.6 Å². The summed E-state index contributed by atoms with van der Waals surface area (Å²) in [5.74, 6) is 0. The molecule has 0 aromatic rings. The van der Waals surface area contributed by atoms with Crippen molar-refractivity contribution in [1.29, 1.82) is 0 Å². The van der Waals surface area contributed by atoms with Crippen LogP contribution in [-0.4, -0.2) is 43.8 Å². The van der Waals surface area contributed by atoms with Crippen LogP contribution in [0.5, 0.6) is 0 Å². The van der Waals surface area contributed by atoms with Crippen molar-refractivity contribution in [3.8, 4) is 0 Å². The Morgan fingerprint density at radius 2 is 2.00 bits per heavy atom. The van der Waals surface area contributed by atoms with E-state index in [-0.39, 0.29) is 19.4 Å². The van der Waals surface area contributed by atoms with E-state index >= 15 is 0 Å². The Kier molecular flexibility index (Phi) is 3.05. The van der Waals surface area contributed by atoms with Gasteiger partial charge in [-0.25, -0.2) is 8.42 Å². The van der Waals surface area contributed by atoms with E-state index in [1.807, 2.05) is 0 Å². The number of nitrogens with two attached hydrogens (primary N) is 1. The molecule has 0 aromatic carbocycles. The Hall–Kier alpha value is -0.340. The zero-order chi connectivity index (χ0) is 11.9. The van der Waals surface area contributed by atoms with Gasteiger partial charge in [-0.15, -0.1) is 0 Å². The van der Waals surface area contributed by atoms with Crippen LogP contribution < -0.4 is 5.73 Å². The third-order valence-electron chi connectivity index (χ3n) is 2.69. The van der Waals surface area contributed by atoms with Crippen LogP contribution in [0.1, 0.15) is 12.8 Å². The molecule has 1 aliphatic heterocycles. The van der Waals surface area contributed by atoms with Gasteiger partial charge in [-0.3, -0.25) is 0 Å². The number of halogens is 3. The summed E-state index contributed by atoms with van der Waals surface area (Å²) < 4.78 is 61.4. The predicted molar refractivity (Wildman–Crippen MR) is 48.6 cm³/mol. The molecule has 4 nitrogen and oxygen atoms in total. The van der Waals surface area contributed by atoms with Crippen LogP contribution in [-0.2, 0) is 10.0 Å². The quantitative estimate of drug-likeness (QED) is 0.762. The molecule has 1 rings (SSSR count). The summed E-state index contributed by atoms with van der Waals surface area (Å²) in [5, 5.41) is 0. The average Bonchev–Trinajstić information content (AvgIpc) is 2.45. The normalized spacial score (nSPS) is 29.7. The third-order valence-corrected chi connectivity index (χ3v) is 4.03. The standard InChI is InChI=1S/C7H13F3N2O2S/c1-15(13,14)12-4-2-3-6(12,5-11)7(8,9)10/h2-5,11H2,1H3. The second-order valence-corrected chi connectivity index (χ2v) is 5.58. The van der Waals surface area contributed by atoms with Gasteiger partial charge in [0.15, 0.2) is 0 Å². The van der Waals surface area contributed by atoms with Crippen molar-refractivity contribution in [2.75, 3.05) is 19.3 Å². The Labute approximate surface area is 86.3 Å². The fourth-order valence-corrected chi connectivity index (χ4v) is 3.30. The molecule has 8 heteroatoms. The summed E-state index contributed by atoms with van der Waals surface area (Å²) in [6.07, 6.45) is -3.93. The second-order valence-electron chi connectivity index (χ2n) is 3.67. The maximum atomic E-state index is 12.8. The fraction of sp³-hybridized carbons (Fsp3) is 1.00. The Balaban J connectivity index is 3.20. The molecule has 15 heavy (non-hydrogen) atoms. The van der Waals surface area contributed by atoms with Crippen molar-refractivity contribution in [2.24, 2.45) is 5.73 Å². The van der Waals surface area contributed by atoms with Gasteiger partial charge in [-0.2, -0.15) is 17.5 Å². The molecule has 0 saturated carbocycles. The minimum absolute atomic E-state index is 0.116. The van der Waals surface area contributed by atoms with Crippen LogP contribution in [0.15, 0.2) is 0 Å². The van der Waals surface area contributed by atoms with Crippen LogP contribution in [0.2, 0.25) is 0 Å². The molecule has 0 aromatic heterocycles. The molecular weight excluding hydrogens is 233 g/mol. The highest BCUT2D eigenvalue weighted by atomic mass is 32.2. The monoisotopic (exact) mass is 246 g/mol. The molecule has 1 saturated heterocycles. The van der Waals surface area contributed by atoms with Crippen LogP contribution in [0, 0.1) is 0 Å². The minimum Gasteiger partial charge on any atom is -0.328 e. The molecular formula is C7H13F3N2O2S. The second kappa shape index (κ2) is 3.60. The molecule has 0 bridgehead atoms. The SMILES string of the molecule is CS(=O)(=O)N1CCCC1(CN)C(F)(F)F. The highest BCUT2D eigenvalue weighted by molar-refractivity contribution is 7.88. The Bertz CT molecular complexity index is 341. The van der Waals surface area contributed by atoms with Gasteiger partial charge in [0.25, 0.3) is 0 Å². The maximum absolute atomic E-state index is 12.8. The number of hydrogen-bond donors (Lipinski definition) is 1. The van der Waals surface area contributed by atoms with Gasteiger partial charge in [0, 0.05) is 13.1 Å². The van der Waals surface area contributed by atoms with Crippen LogP contribution in [0.4, 0.5) is 13.2 Å². The summed E-state index contributed by atoms with van der Waals surface area (Å²) in [5.41, 5.74) is 2.71. The van der Waals surface area contributed by atoms with E-state index in [1.165, 1.54) is 0 Å². The molecule has 0 amide bonds. The molecule has 2 N–H and O–H groups in total. The van der Waals surface area contributed by atoms with Crippen molar-refractivity contribution in [3.63, 3.8) is 0 Å². The zero-order valence-corrected chi connectivity index (χ0v) is 9.03. The molecule has 0 radical (unpaired) electrons. The van der Waals surface area contributed by atoms with Crippen molar-refractivity contribution in [1.82, 2.24) is 4.31 Å². The molecule has 90 valence electrons. The fourth-order valence-electron chi connectivity index (χ4n) is 1.94. The van der Waals surface area contributed by atoms with Crippen molar-refractivity contribution in [3.05, 3.63) is 0 Å². The number of sulfonamides is 1. The smallest absolute Gasteiger partial charge is 0.328 e. The maximum Gasteiger partial charge on any atom is 0.409 e. The summed E-state index contributed by atoms with van der Waals surface area (Å²) in [6.45, 7) is -0.848. The van der Waals surface area contributed by atoms with Gasteiger partial charge in [-0.05, 0) is 12.8 Å². The van der Waals surface area contributed by atoms with Crippen LogP contribution in [0.3, 0.4) is 0 Å². The first-order valence-electron chi connectivity index (χ1n) is 4.40. The largest absolute Gasteiger partial charge is 0.409 e.